The van der Waals surface area contributed by atoms with E-state index in [-0.39, 0.29) is 12.0 Å². The zero-order valence-electron chi connectivity index (χ0n) is 13.7. The molecule has 0 bridgehead atoms. The summed E-state index contributed by atoms with van der Waals surface area (Å²) in [6.07, 6.45) is 0. The molecule has 1 aliphatic heterocycles. The number of amides is 2. The normalized spacial score (nSPS) is 15.2. The monoisotopic (exact) mass is 357 g/mol. The summed E-state index contributed by atoms with van der Waals surface area (Å²) in [5, 5.41) is 3.25. The Bertz CT molecular complexity index is 740. The van der Waals surface area contributed by atoms with Gasteiger partial charge in [0.1, 0.15) is 0 Å². The molecule has 0 atom stereocenters. The highest BCUT2D eigenvalue weighted by molar-refractivity contribution is 6.30. The molecule has 2 amide bonds. The van der Waals surface area contributed by atoms with Crippen molar-refractivity contribution >= 4 is 35.0 Å². The fourth-order valence-electron chi connectivity index (χ4n) is 2.68. The van der Waals surface area contributed by atoms with Crippen molar-refractivity contribution in [3.8, 4) is 0 Å². The fourth-order valence-corrected chi connectivity index (χ4v) is 2.80. The van der Waals surface area contributed by atoms with E-state index in [0.717, 1.165) is 13.1 Å². The molecule has 0 saturated carbocycles. The highest BCUT2D eigenvalue weighted by atomic mass is 35.5. The molecule has 0 aliphatic carbocycles. The van der Waals surface area contributed by atoms with E-state index in [2.05, 4.69) is 27.3 Å². The predicted molar refractivity (Wildman–Crippen MR) is 101 cm³/mol. The molecule has 1 heterocycles. The topological polar surface area (TPSA) is 74.0 Å². The highest BCUT2D eigenvalue weighted by Gasteiger charge is 2.21. The van der Waals surface area contributed by atoms with Crippen LogP contribution in [-0.2, 0) is 0 Å². The van der Waals surface area contributed by atoms with Crippen molar-refractivity contribution in [3.63, 3.8) is 0 Å². The summed E-state index contributed by atoms with van der Waals surface area (Å²) in [4.78, 5) is 20.5. The number of para-hydroxylation sites is 1. The van der Waals surface area contributed by atoms with Crippen LogP contribution < -0.4 is 16.0 Å². The molecule has 0 radical (unpaired) electrons. The number of anilines is 1. The van der Waals surface area contributed by atoms with Crippen molar-refractivity contribution in [2.45, 2.75) is 0 Å². The minimum Gasteiger partial charge on any atom is -0.369 e. The summed E-state index contributed by atoms with van der Waals surface area (Å²) >= 11 is 5.83. The number of piperazine rings is 1. The van der Waals surface area contributed by atoms with Gasteiger partial charge in [-0.05, 0) is 36.4 Å². The number of benzene rings is 2. The fraction of sp³-hybridized carbons (Fsp3) is 0.222. The van der Waals surface area contributed by atoms with Crippen LogP contribution in [0, 0.1) is 0 Å². The number of rotatable bonds is 2. The SMILES string of the molecule is NC(=Nc1ccc(Cl)cc1)NC(=O)N1CCN(c2ccccc2)CC1. The number of halogens is 1. The second-order valence-corrected chi connectivity index (χ2v) is 6.15. The van der Waals surface area contributed by atoms with E-state index in [1.807, 2.05) is 18.2 Å². The van der Waals surface area contributed by atoms with Gasteiger partial charge in [-0.3, -0.25) is 5.32 Å². The van der Waals surface area contributed by atoms with Gasteiger partial charge in [-0.2, -0.15) is 0 Å². The summed E-state index contributed by atoms with van der Waals surface area (Å²) < 4.78 is 0. The van der Waals surface area contributed by atoms with E-state index in [1.54, 1.807) is 29.2 Å². The Labute approximate surface area is 151 Å². The first-order chi connectivity index (χ1) is 12.1. The van der Waals surface area contributed by atoms with Gasteiger partial charge in [0.15, 0.2) is 0 Å². The Hall–Kier alpha value is -2.73. The number of urea groups is 1. The molecule has 1 fully saturated rings. The molecule has 130 valence electrons. The average molecular weight is 358 g/mol. The number of nitrogens with zero attached hydrogens (tertiary/aromatic N) is 3. The molecular formula is C18H20ClN5O. The molecule has 3 rings (SSSR count). The molecule has 0 unspecified atom stereocenters. The lowest BCUT2D eigenvalue weighted by molar-refractivity contribution is 0.199. The lowest BCUT2D eigenvalue weighted by Crippen LogP contribution is -2.53. The predicted octanol–water partition coefficient (Wildman–Crippen LogP) is 2.82. The van der Waals surface area contributed by atoms with E-state index in [9.17, 15) is 4.79 Å². The average Bonchev–Trinajstić information content (AvgIpc) is 2.64. The molecule has 1 aliphatic rings. The summed E-state index contributed by atoms with van der Waals surface area (Å²) in [5.41, 5.74) is 7.63. The van der Waals surface area contributed by atoms with Crippen LogP contribution in [0.5, 0.6) is 0 Å². The lowest BCUT2D eigenvalue weighted by Gasteiger charge is -2.35. The van der Waals surface area contributed by atoms with Crippen molar-refractivity contribution in [3.05, 3.63) is 59.6 Å². The standard InChI is InChI=1S/C18H20ClN5O/c19-14-6-8-15(9-7-14)21-17(20)22-18(25)24-12-10-23(11-13-24)16-4-2-1-3-5-16/h1-9H,10-13H2,(H3,20,21,22,25). The van der Waals surface area contributed by atoms with Crippen molar-refractivity contribution in [1.82, 2.24) is 10.2 Å². The maximum absolute atomic E-state index is 12.3. The van der Waals surface area contributed by atoms with Crippen molar-refractivity contribution < 1.29 is 4.79 Å². The summed E-state index contributed by atoms with van der Waals surface area (Å²) in [6.45, 7) is 2.83. The third-order valence-electron chi connectivity index (χ3n) is 4.00. The number of carbonyl (C=O) groups excluding carboxylic acids is 1. The van der Waals surface area contributed by atoms with Crippen LogP contribution in [0.3, 0.4) is 0 Å². The number of aliphatic imine (C=N–C) groups is 1. The Kier molecular flexibility index (Phi) is 5.40. The molecule has 1 saturated heterocycles. The van der Waals surface area contributed by atoms with Crippen LogP contribution in [0.4, 0.5) is 16.2 Å². The number of carbonyl (C=O) groups is 1. The number of hydrogen-bond donors (Lipinski definition) is 2. The molecule has 7 heteroatoms. The number of nitrogens with two attached hydrogens (primary N) is 1. The van der Waals surface area contributed by atoms with Crippen LogP contribution >= 0.6 is 11.6 Å². The first-order valence-corrected chi connectivity index (χ1v) is 8.45. The quantitative estimate of drug-likeness (QED) is 0.641. The highest BCUT2D eigenvalue weighted by Crippen LogP contribution is 2.17. The molecule has 3 N–H and O–H groups in total. The van der Waals surface area contributed by atoms with Gasteiger partial charge in [0.25, 0.3) is 0 Å². The minimum atomic E-state index is -0.233. The third kappa shape index (κ3) is 4.64. The second kappa shape index (κ2) is 7.90. The van der Waals surface area contributed by atoms with Gasteiger partial charge in [0, 0.05) is 36.9 Å². The summed E-state index contributed by atoms with van der Waals surface area (Å²) in [6, 6.07) is 16.9. The summed E-state index contributed by atoms with van der Waals surface area (Å²) in [5.74, 6) is 0.0674. The second-order valence-electron chi connectivity index (χ2n) is 5.71. The van der Waals surface area contributed by atoms with E-state index < -0.39 is 0 Å². The molecule has 2 aromatic rings. The Balaban J connectivity index is 1.53. The van der Waals surface area contributed by atoms with Gasteiger partial charge in [-0.25, -0.2) is 9.79 Å². The first-order valence-electron chi connectivity index (χ1n) is 8.07. The maximum Gasteiger partial charge on any atom is 0.324 e. The van der Waals surface area contributed by atoms with Crippen LogP contribution in [0.25, 0.3) is 0 Å². The van der Waals surface area contributed by atoms with E-state index in [4.69, 9.17) is 17.3 Å². The van der Waals surface area contributed by atoms with Gasteiger partial charge in [-0.15, -0.1) is 0 Å². The Morgan fingerprint density at radius 3 is 2.28 bits per heavy atom. The van der Waals surface area contributed by atoms with Gasteiger partial charge < -0.3 is 15.5 Å². The van der Waals surface area contributed by atoms with Gasteiger partial charge in [0.2, 0.25) is 5.96 Å². The zero-order chi connectivity index (χ0) is 17.6. The van der Waals surface area contributed by atoms with Crippen LogP contribution in [0.2, 0.25) is 5.02 Å². The number of guanidine groups is 1. The smallest absolute Gasteiger partial charge is 0.324 e. The number of hydrogen-bond acceptors (Lipinski definition) is 3. The van der Waals surface area contributed by atoms with Gasteiger partial charge in [-0.1, -0.05) is 29.8 Å². The van der Waals surface area contributed by atoms with Crippen molar-refractivity contribution in [2.75, 3.05) is 31.1 Å². The minimum absolute atomic E-state index is 0.0674. The third-order valence-corrected chi connectivity index (χ3v) is 4.25. The Morgan fingerprint density at radius 1 is 1.00 bits per heavy atom. The van der Waals surface area contributed by atoms with Gasteiger partial charge >= 0.3 is 6.03 Å². The zero-order valence-corrected chi connectivity index (χ0v) is 14.5. The van der Waals surface area contributed by atoms with Crippen LogP contribution in [0.15, 0.2) is 59.6 Å². The van der Waals surface area contributed by atoms with Crippen LogP contribution in [-0.4, -0.2) is 43.1 Å². The molecular weight excluding hydrogens is 338 g/mol. The van der Waals surface area contributed by atoms with Crippen LogP contribution in [0.1, 0.15) is 0 Å². The van der Waals surface area contributed by atoms with E-state index >= 15 is 0 Å². The van der Waals surface area contributed by atoms with E-state index in [0.29, 0.717) is 23.8 Å². The number of nitrogens with one attached hydrogen (secondary N) is 1. The molecule has 25 heavy (non-hydrogen) atoms. The van der Waals surface area contributed by atoms with Crippen molar-refractivity contribution in [2.24, 2.45) is 10.7 Å². The molecule has 0 spiro atoms. The first kappa shape index (κ1) is 17.1. The molecule has 2 aromatic carbocycles. The molecule has 0 aromatic heterocycles. The van der Waals surface area contributed by atoms with E-state index in [1.165, 1.54) is 5.69 Å². The molecule has 6 nitrogen and oxygen atoms in total. The lowest BCUT2D eigenvalue weighted by atomic mass is 10.2. The summed E-state index contributed by atoms with van der Waals surface area (Å²) in [7, 11) is 0. The Morgan fingerprint density at radius 2 is 1.64 bits per heavy atom. The van der Waals surface area contributed by atoms with Gasteiger partial charge in [0.05, 0.1) is 5.69 Å². The van der Waals surface area contributed by atoms with Crippen molar-refractivity contribution in [1.29, 1.82) is 0 Å². The maximum atomic E-state index is 12.3. The largest absolute Gasteiger partial charge is 0.369 e.